The number of halogens is 2. The molecule has 4 rings (SSSR count). The van der Waals surface area contributed by atoms with Crippen LogP contribution in [0.25, 0.3) is 10.9 Å². The summed E-state index contributed by atoms with van der Waals surface area (Å²) < 4.78 is 13.7. The zero-order valence-electron chi connectivity index (χ0n) is 18.6. The number of fused-ring (bicyclic) bond motifs is 1. The van der Waals surface area contributed by atoms with Gasteiger partial charge < -0.3 is 10.3 Å². The van der Waals surface area contributed by atoms with Crippen LogP contribution in [0.15, 0.2) is 59.7 Å². The predicted octanol–water partition coefficient (Wildman–Crippen LogP) is 5.20. The van der Waals surface area contributed by atoms with Crippen molar-refractivity contribution in [1.82, 2.24) is 20.3 Å². The van der Waals surface area contributed by atoms with Gasteiger partial charge in [-0.1, -0.05) is 17.7 Å². The van der Waals surface area contributed by atoms with Crippen molar-refractivity contribution in [3.05, 3.63) is 82.5 Å². The second-order valence-corrected chi connectivity index (χ2v) is 8.11. The Morgan fingerprint density at radius 3 is 2.65 bits per heavy atom. The molecule has 0 spiro atoms. The minimum Gasteiger partial charge on any atom is -0.361 e. The molecule has 0 aliphatic rings. The molecule has 0 bridgehead atoms. The Kier molecular flexibility index (Phi) is 7.03. The van der Waals surface area contributed by atoms with Gasteiger partial charge >= 0.3 is 6.03 Å². The zero-order chi connectivity index (χ0) is 24.1. The number of aromatic amines is 1. The van der Waals surface area contributed by atoms with Gasteiger partial charge in [-0.15, -0.1) is 0 Å². The third-order valence-electron chi connectivity index (χ3n) is 4.91. The maximum atomic E-state index is 13.7. The van der Waals surface area contributed by atoms with Gasteiger partial charge in [0.15, 0.2) is 0 Å². The minimum atomic E-state index is -0.507. The highest BCUT2D eigenvalue weighted by atomic mass is 35.5. The molecule has 2 amide bonds. The first-order valence-electron chi connectivity index (χ1n) is 10.6. The topological polar surface area (TPSA) is 107 Å². The molecule has 34 heavy (non-hydrogen) atoms. The van der Waals surface area contributed by atoms with Gasteiger partial charge in [0.2, 0.25) is 11.9 Å². The molecule has 10 heteroatoms. The Labute approximate surface area is 200 Å². The number of aromatic nitrogens is 3. The van der Waals surface area contributed by atoms with Crippen LogP contribution < -0.4 is 16.0 Å². The van der Waals surface area contributed by atoms with E-state index in [4.69, 9.17) is 11.6 Å². The summed E-state index contributed by atoms with van der Waals surface area (Å²) in [5.41, 5.74) is 3.86. The fourth-order valence-corrected chi connectivity index (χ4v) is 3.67. The average Bonchev–Trinajstić information content (AvgIpc) is 3.15. The van der Waals surface area contributed by atoms with Crippen molar-refractivity contribution in [2.24, 2.45) is 4.99 Å². The Morgan fingerprint density at radius 2 is 1.88 bits per heavy atom. The maximum absolute atomic E-state index is 13.7. The van der Waals surface area contributed by atoms with Gasteiger partial charge in [0.1, 0.15) is 5.82 Å². The zero-order valence-corrected chi connectivity index (χ0v) is 19.4. The number of guanidine groups is 1. The summed E-state index contributed by atoms with van der Waals surface area (Å²) in [7, 11) is 0. The number of hydrogen-bond acceptors (Lipinski definition) is 4. The lowest BCUT2D eigenvalue weighted by molar-refractivity contribution is 0.256. The molecular formula is C24H23ClFN7O. The van der Waals surface area contributed by atoms with Crippen LogP contribution in [-0.2, 0) is 6.42 Å². The molecule has 2 aromatic heterocycles. The predicted molar refractivity (Wildman–Crippen MR) is 133 cm³/mol. The first-order chi connectivity index (χ1) is 16.4. The van der Waals surface area contributed by atoms with Gasteiger partial charge in [-0.2, -0.15) is 0 Å². The molecule has 4 aromatic rings. The van der Waals surface area contributed by atoms with Crippen LogP contribution in [0.2, 0.25) is 5.02 Å². The second kappa shape index (κ2) is 10.3. The van der Waals surface area contributed by atoms with E-state index in [9.17, 15) is 9.18 Å². The SMILES string of the molecule is Cc1cc(C)nc(NC(=NCCc2c[nH]c3ccc(F)cc23)NC(=O)Nc2cccc(Cl)c2)n1. The van der Waals surface area contributed by atoms with Gasteiger partial charge in [0.25, 0.3) is 0 Å². The number of rotatable bonds is 5. The van der Waals surface area contributed by atoms with E-state index in [0.29, 0.717) is 29.6 Å². The van der Waals surface area contributed by atoms with Crippen LogP contribution in [0, 0.1) is 19.7 Å². The van der Waals surface area contributed by atoms with Gasteiger partial charge in [-0.3, -0.25) is 15.6 Å². The number of aryl methyl sites for hydroxylation is 2. The number of nitrogens with one attached hydrogen (secondary N) is 4. The van der Waals surface area contributed by atoms with E-state index in [1.807, 2.05) is 26.1 Å². The number of amides is 2. The third kappa shape index (κ3) is 6.08. The minimum absolute atomic E-state index is 0.176. The number of aliphatic imine (C=N–C) groups is 1. The van der Waals surface area contributed by atoms with Crippen molar-refractivity contribution in [1.29, 1.82) is 0 Å². The number of nitrogens with zero attached hydrogens (tertiary/aromatic N) is 3. The summed E-state index contributed by atoms with van der Waals surface area (Å²) >= 11 is 5.99. The fraction of sp³-hybridized carbons (Fsp3) is 0.167. The van der Waals surface area contributed by atoms with Crippen molar-refractivity contribution in [2.75, 3.05) is 17.2 Å². The number of urea groups is 1. The van der Waals surface area contributed by atoms with E-state index in [0.717, 1.165) is 27.9 Å². The molecule has 8 nitrogen and oxygen atoms in total. The molecule has 0 aliphatic carbocycles. The van der Waals surface area contributed by atoms with E-state index in [1.54, 1.807) is 30.3 Å². The van der Waals surface area contributed by atoms with Gasteiger partial charge in [0, 0.05) is 45.7 Å². The molecule has 0 aliphatic heterocycles. The van der Waals surface area contributed by atoms with Gasteiger partial charge in [0.05, 0.1) is 0 Å². The van der Waals surface area contributed by atoms with E-state index in [-0.39, 0.29) is 11.8 Å². The molecule has 0 unspecified atom stereocenters. The average molecular weight is 480 g/mol. The monoisotopic (exact) mass is 479 g/mol. The van der Waals surface area contributed by atoms with Crippen molar-refractivity contribution < 1.29 is 9.18 Å². The van der Waals surface area contributed by atoms with Crippen molar-refractivity contribution in [3.63, 3.8) is 0 Å². The lowest BCUT2D eigenvalue weighted by Gasteiger charge is -2.12. The number of hydrogen-bond donors (Lipinski definition) is 4. The number of anilines is 2. The van der Waals surface area contributed by atoms with Crippen molar-refractivity contribution >= 4 is 46.1 Å². The van der Waals surface area contributed by atoms with Crippen LogP contribution in [-0.4, -0.2) is 33.5 Å². The maximum Gasteiger partial charge on any atom is 0.326 e. The summed E-state index contributed by atoms with van der Waals surface area (Å²) in [4.78, 5) is 28.9. The van der Waals surface area contributed by atoms with Crippen LogP contribution >= 0.6 is 11.6 Å². The van der Waals surface area contributed by atoms with Crippen molar-refractivity contribution in [2.45, 2.75) is 20.3 Å². The van der Waals surface area contributed by atoms with Crippen LogP contribution in [0.3, 0.4) is 0 Å². The van der Waals surface area contributed by atoms with Crippen LogP contribution in [0.5, 0.6) is 0 Å². The van der Waals surface area contributed by atoms with Crippen molar-refractivity contribution in [3.8, 4) is 0 Å². The fourth-order valence-electron chi connectivity index (χ4n) is 3.48. The van der Waals surface area contributed by atoms with Gasteiger partial charge in [-0.25, -0.2) is 19.2 Å². The smallest absolute Gasteiger partial charge is 0.326 e. The first kappa shape index (κ1) is 23.2. The van der Waals surface area contributed by atoms with E-state index in [2.05, 4.69) is 35.9 Å². The second-order valence-electron chi connectivity index (χ2n) is 7.67. The van der Waals surface area contributed by atoms with Crippen LogP contribution in [0.1, 0.15) is 17.0 Å². The lowest BCUT2D eigenvalue weighted by atomic mass is 10.1. The highest BCUT2D eigenvalue weighted by Gasteiger charge is 2.10. The van der Waals surface area contributed by atoms with E-state index >= 15 is 0 Å². The molecule has 0 saturated heterocycles. The Hall–Kier alpha value is -3.98. The summed E-state index contributed by atoms with van der Waals surface area (Å²) in [5.74, 6) is 0.189. The highest BCUT2D eigenvalue weighted by molar-refractivity contribution is 6.30. The summed E-state index contributed by atoms with van der Waals surface area (Å²) in [6.45, 7) is 4.03. The Morgan fingerprint density at radius 1 is 1.09 bits per heavy atom. The molecule has 174 valence electrons. The molecular weight excluding hydrogens is 457 g/mol. The largest absolute Gasteiger partial charge is 0.361 e. The van der Waals surface area contributed by atoms with E-state index < -0.39 is 6.03 Å². The number of benzene rings is 2. The summed E-state index contributed by atoms with van der Waals surface area (Å²) in [5, 5.41) is 9.69. The normalized spacial score (nSPS) is 11.5. The quantitative estimate of drug-likeness (QED) is 0.233. The molecule has 0 fully saturated rings. The highest BCUT2D eigenvalue weighted by Crippen LogP contribution is 2.20. The van der Waals surface area contributed by atoms with Gasteiger partial charge in [-0.05, 0) is 68.3 Å². The molecule has 0 radical (unpaired) electrons. The molecule has 4 N–H and O–H groups in total. The number of H-pyrrole nitrogens is 1. The molecule has 2 heterocycles. The molecule has 0 atom stereocenters. The standard InChI is InChI=1S/C24H23ClFN7O/c1-14-10-15(2)30-23(29-14)32-22(33-24(34)31-19-5-3-4-17(25)11-19)27-9-8-16-13-28-21-7-6-18(26)12-20(16)21/h3-7,10-13,28H,8-9H2,1-2H3,(H3,27,29,30,31,32,33,34). The first-order valence-corrected chi connectivity index (χ1v) is 11.0. The number of carbonyl (C=O) groups is 1. The summed E-state index contributed by atoms with van der Waals surface area (Å²) in [6.07, 6.45) is 2.36. The molecule has 0 saturated carbocycles. The Balaban J connectivity index is 1.51. The Bertz CT molecular complexity index is 1350. The lowest BCUT2D eigenvalue weighted by Crippen LogP contribution is -2.39. The van der Waals surface area contributed by atoms with Crippen LogP contribution in [0.4, 0.5) is 20.8 Å². The van der Waals surface area contributed by atoms with E-state index in [1.165, 1.54) is 12.1 Å². The third-order valence-corrected chi connectivity index (χ3v) is 5.14. The summed E-state index contributed by atoms with van der Waals surface area (Å²) in [6, 6.07) is 12.7. The molecule has 2 aromatic carbocycles. The number of carbonyl (C=O) groups excluding carboxylic acids is 1.